The number of hydrogen-bond donors (Lipinski definition) is 2. The molecule has 0 bridgehead atoms. The molecule has 1 fully saturated rings. The van der Waals surface area contributed by atoms with Crippen molar-refractivity contribution >= 4 is 10.1 Å². The van der Waals surface area contributed by atoms with E-state index in [9.17, 15) is 13.0 Å². The maximum atomic E-state index is 11.3. The third-order valence-electron chi connectivity index (χ3n) is 4.27. The zero-order valence-electron chi connectivity index (χ0n) is 10.1. The molecule has 4 nitrogen and oxygen atoms in total. The number of hydrogen-bond acceptors (Lipinski definition) is 3. The monoisotopic (exact) mass is 249 g/mol. The van der Waals surface area contributed by atoms with Crippen molar-refractivity contribution in [2.75, 3.05) is 6.54 Å². The molecule has 1 rings (SSSR count). The fourth-order valence-electron chi connectivity index (χ4n) is 2.85. The van der Waals surface area contributed by atoms with E-state index in [0.29, 0.717) is 0 Å². The van der Waals surface area contributed by atoms with Crippen LogP contribution in [-0.2, 0) is 10.1 Å². The second-order valence-corrected chi connectivity index (χ2v) is 6.93. The van der Waals surface area contributed by atoms with E-state index in [1.807, 2.05) is 6.92 Å². The Morgan fingerprint density at radius 3 is 2.19 bits per heavy atom. The van der Waals surface area contributed by atoms with Crippen molar-refractivity contribution < 1.29 is 13.0 Å². The minimum Gasteiger partial charge on any atom is -0.329 e. The van der Waals surface area contributed by atoms with Crippen LogP contribution in [0.25, 0.3) is 0 Å². The fraction of sp³-hybridized carbons (Fsp3) is 1.00. The third kappa shape index (κ3) is 2.96. The molecule has 0 radical (unpaired) electrons. The maximum absolute atomic E-state index is 11.3. The molecule has 96 valence electrons. The number of rotatable bonds is 4. The van der Waals surface area contributed by atoms with E-state index in [2.05, 4.69) is 6.92 Å². The third-order valence-corrected chi connectivity index (χ3v) is 5.63. The van der Waals surface area contributed by atoms with Gasteiger partial charge in [0.2, 0.25) is 0 Å². The Morgan fingerprint density at radius 2 is 1.81 bits per heavy atom. The Labute approximate surface area is 98.4 Å². The molecule has 0 heterocycles. The van der Waals surface area contributed by atoms with Crippen molar-refractivity contribution in [3.05, 3.63) is 0 Å². The van der Waals surface area contributed by atoms with Gasteiger partial charge in [0.05, 0.1) is 0 Å². The van der Waals surface area contributed by atoms with E-state index < -0.39 is 15.4 Å². The number of nitrogens with two attached hydrogens (primary N) is 1. The highest BCUT2D eigenvalue weighted by Crippen LogP contribution is 2.44. The highest BCUT2D eigenvalue weighted by Gasteiger charge is 2.41. The average molecular weight is 249 g/mol. The molecule has 5 heteroatoms. The summed E-state index contributed by atoms with van der Waals surface area (Å²) in [6.45, 7) is 4.01. The van der Waals surface area contributed by atoms with Gasteiger partial charge in [-0.1, -0.05) is 33.1 Å². The molecular weight excluding hydrogens is 226 g/mol. The fourth-order valence-corrected chi connectivity index (χ4v) is 3.93. The van der Waals surface area contributed by atoms with E-state index in [1.54, 1.807) is 0 Å². The second kappa shape index (κ2) is 5.02. The molecule has 0 aromatic carbocycles. The van der Waals surface area contributed by atoms with Crippen LogP contribution in [0.4, 0.5) is 0 Å². The Morgan fingerprint density at radius 1 is 1.31 bits per heavy atom. The predicted octanol–water partition coefficient (Wildman–Crippen LogP) is 1.81. The highest BCUT2D eigenvalue weighted by molar-refractivity contribution is 7.86. The summed E-state index contributed by atoms with van der Waals surface area (Å²) in [6, 6.07) is 0. The molecule has 0 saturated heterocycles. The summed E-state index contributed by atoms with van der Waals surface area (Å²) in [6.07, 6.45) is 5.56. The molecular formula is C11H23NO3S. The van der Waals surface area contributed by atoms with Crippen LogP contribution in [0.5, 0.6) is 0 Å². The minimum atomic E-state index is -4.03. The lowest BCUT2D eigenvalue weighted by Crippen LogP contribution is -2.43. The van der Waals surface area contributed by atoms with Gasteiger partial charge < -0.3 is 5.73 Å². The van der Waals surface area contributed by atoms with Crippen molar-refractivity contribution in [3.8, 4) is 0 Å². The second-order valence-electron chi connectivity index (χ2n) is 5.29. The largest absolute Gasteiger partial charge is 0.329 e. The average Bonchev–Trinajstić information content (AvgIpc) is 2.17. The van der Waals surface area contributed by atoms with Gasteiger partial charge in [-0.25, -0.2) is 0 Å². The van der Waals surface area contributed by atoms with E-state index in [4.69, 9.17) is 5.73 Å². The maximum Gasteiger partial charge on any atom is 0.269 e. The Bertz CT molecular complexity index is 320. The van der Waals surface area contributed by atoms with Crippen molar-refractivity contribution in [1.29, 1.82) is 0 Å². The quantitative estimate of drug-likeness (QED) is 0.745. The van der Waals surface area contributed by atoms with Crippen LogP contribution in [-0.4, -0.2) is 24.8 Å². The lowest BCUT2D eigenvalue weighted by molar-refractivity contribution is 0.125. The molecule has 1 saturated carbocycles. The molecule has 16 heavy (non-hydrogen) atoms. The molecule has 0 amide bonds. The van der Waals surface area contributed by atoms with Crippen molar-refractivity contribution in [2.24, 2.45) is 17.1 Å². The van der Waals surface area contributed by atoms with Gasteiger partial charge in [0.1, 0.15) is 5.25 Å². The highest BCUT2D eigenvalue weighted by atomic mass is 32.2. The first-order valence-electron chi connectivity index (χ1n) is 5.97. The molecule has 0 aromatic rings. The van der Waals surface area contributed by atoms with Gasteiger partial charge in [-0.05, 0) is 24.2 Å². The molecule has 0 spiro atoms. The molecule has 3 N–H and O–H groups in total. The summed E-state index contributed by atoms with van der Waals surface area (Å²) < 4.78 is 31.7. The van der Waals surface area contributed by atoms with E-state index >= 15 is 0 Å². The summed E-state index contributed by atoms with van der Waals surface area (Å²) >= 11 is 0. The van der Waals surface area contributed by atoms with Crippen LogP contribution < -0.4 is 5.73 Å². The first kappa shape index (κ1) is 13.9. The van der Waals surface area contributed by atoms with Crippen LogP contribution in [0.1, 0.15) is 46.0 Å². The van der Waals surface area contributed by atoms with Gasteiger partial charge in [0.25, 0.3) is 10.1 Å². The summed E-state index contributed by atoms with van der Waals surface area (Å²) in [7, 11) is -4.03. The normalized spacial score (nSPS) is 25.0. The topological polar surface area (TPSA) is 80.4 Å². The van der Waals surface area contributed by atoms with Crippen molar-refractivity contribution in [1.82, 2.24) is 0 Å². The van der Waals surface area contributed by atoms with Gasteiger partial charge in [0, 0.05) is 6.54 Å². The van der Waals surface area contributed by atoms with Crippen LogP contribution in [0, 0.1) is 11.3 Å². The van der Waals surface area contributed by atoms with E-state index in [1.165, 1.54) is 6.42 Å². The summed E-state index contributed by atoms with van der Waals surface area (Å²) in [5.74, 6) is -0.0900. The first-order chi connectivity index (χ1) is 7.31. The molecule has 1 aliphatic rings. The zero-order valence-corrected chi connectivity index (χ0v) is 11.0. The molecule has 1 aliphatic carbocycles. The standard InChI is InChI=1S/C11H23NO3S/c1-9(10(8-12)16(13,14)15)11(2)6-4-3-5-7-11/h9-10H,3-8,12H2,1-2H3,(H,13,14,15). The van der Waals surface area contributed by atoms with E-state index in [-0.39, 0.29) is 17.9 Å². The Balaban J connectivity index is 2.85. The molecule has 0 aliphatic heterocycles. The van der Waals surface area contributed by atoms with Crippen LogP contribution in [0.2, 0.25) is 0 Å². The SMILES string of the molecule is CC(C(CN)S(=O)(=O)O)C1(C)CCCCC1. The smallest absolute Gasteiger partial charge is 0.269 e. The Kier molecular flexibility index (Phi) is 4.37. The van der Waals surface area contributed by atoms with Crippen molar-refractivity contribution in [2.45, 2.75) is 51.2 Å². The zero-order chi connectivity index (χ0) is 12.4. The van der Waals surface area contributed by atoms with Crippen LogP contribution in [0.3, 0.4) is 0 Å². The van der Waals surface area contributed by atoms with Gasteiger partial charge in [0.15, 0.2) is 0 Å². The van der Waals surface area contributed by atoms with E-state index in [0.717, 1.165) is 25.7 Å². The minimum absolute atomic E-state index is 0.00190. The van der Waals surface area contributed by atoms with Gasteiger partial charge in [-0.2, -0.15) is 8.42 Å². The predicted molar refractivity (Wildman–Crippen MR) is 64.7 cm³/mol. The first-order valence-corrected chi connectivity index (χ1v) is 7.48. The Hall–Kier alpha value is -0.130. The van der Waals surface area contributed by atoms with Gasteiger partial charge in [-0.3, -0.25) is 4.55 Å². The summed E-state index contributed by atoms with van der Waals surface area (Å²) in [5.41, 5.74) is 5.48. The van der Waals surface area contributed by atoms with Crippen LogP contribution >= 0.6 is 0 Å². The molecule has 2 unspecified atom stereocenters. The van der Waals surface area contributed by atoms with Gasteiger partial charge >= 0.3 is 0 Å². The lowest BCUT2D eigenvalue weighted by Gasteiger charge is -2.41. The van der Waals surface area contributed by atoms with Crippen molar-refractivity contribution in [3.63, 3.8) is 0 Å². The molecule has 2 atom stereocenters. The lowest BCUT2D eigenvalue weighted by atomic mass is 9.67. The molecule has 0 aromatic heterocycles. The summed E-state index contributed by atoms with van der Waals surface area (Å²) in [5, 5.41) is -0.824. The summed E-state index contributed by atoms with van der Waals surface area (Å²) in [4.78, 5) is 0. The van der Waals surface area contributed by atoms with Crippen LogP contribution in [0.15, 0.2) is 0 Å². The van der Waals surface area contributed by atoms with Gasteiger partial charge in [-0.15, -0.1) is 0 Å².